The molecule has 1 aromatic carbocycles. The lowest BCUT2D eigenvalue weighted by Crippen LogP contribution is -1.94. The molecule has 0 saturated heterocycles. The van der Waals surface area contributed by atoms with Crippen LogP contribution in [0.1, 0.15) is 16.7 Å². The Labute approximate surface area is 83.4 Å². The molecule has 0 aromatic heterocycles. The molecule has 0 atom stereocenters. The molecule has 0 unspecified atom stereocenters. The Hall–Kier alpha value is -1.60. The van der Waals surface area contributed by atoms with Crippen LogP contribution in [-0.2, 0) is 11.3 Å². The van der Waals surface area contributed by atoms with E-state index >= 15 is 0 Å². The summed E-state index contributed by atoms with van der Waals surface area (Å²) >= 11 is 0. The van der Waals surface area contributed by atoms with Crippen LogP contribution in [0.25, 0.3) is 0 Å². The normalized spacial score (nSPS) is 9.36. The van der Waals surface area contributed by atoms with E-state index < -0.39 is 0 Å². The summed E-state index contributed by atoms with van der Waals surface area (Å²) in [6, 6.07) is 3.93. The van der Waals surface area contributed by atoms with Gasteiger partial charge in [0.05, 0.1) is 13.7 Å². The summed E-state index contributed by atoms with van der Waals surface area (Å²) in [4.78, 5) is 13.5. The molecular weight excluding hydrogens is 178 g/mol. The van der Waals surface area contributed by atoms with Crippen molar-refractivity contribution in [1.29, 1.82) is 0 Å². The quantitative estimate of drug-likeness (QED) is 0.542. The number of nitrogens with zero attached hydrogens (tertiary/aromatic N) is 1. The molecule has 0 radical (unpaired) electrons. The molecule has 0 saturated carbocycles. The maximum atomic E-state index is 10.00. The average Bonchev–Trinajstić information content (AvgIpc) is 2.19. The van der Waals surface area contributed by atoms with E-state index in [1.165, 1.54) is 17.2 Å². The van der Waals surface area contributed by atoms with Crippen molar-refractivity contribution in [1.82, 2.24) is 0 Å². The van der Waals surface area contributed by atoms with Gasteiger partial charge in [-0.05, 0) is 31.0 Å². The number of hydrogen-bond donors (Lipinski definition) is 0. The lowest BCUT2D eigenvalue weighted by atomic mass is 10.1. The molecular formula is C11H13NO2. The van der Waals surface area contributed by atoms with Gasteiger partial charge in [0, 0.05) is 5.56 Å². The summed E-state index contributed by atoms with van der Waals surface area (Å²) < 4.78 is 5.19. The zero-order chi connectivity index (χ0) is 10.6. The average molecular weight is 191 g/mol. The van der Waals surface area contributed by atoms with Gasteiger partial charge in [-0.3, -0.25) is 0 Å². The van der Waals surface area contributed by atoms with Gasteiger partial charge in [-0.15, -0.1) is 0 Å². The third-order valence-corrected chi connectivity index (χ3v) is 2.21. The highest BCUT2D eigenvalue weighted by Gasteiger charge is 2.04. The molecule has 3 nitrogen and oxygen atoms in total. The Kier molecular flexibility index (Phi) is 3.43. The topological polar surface area (TPSA) is 38.7 Å². The SMILES string of the molecule is COc1cc(C)c(C)cc1CN=C=O. The van der Waals surface area contributed by atoms with E-state index in [-0.39, 0.29) is 0 Å². The number of ether oxygens (including phenoxy) is 1. The second-order valence-corrected chi connectivity index (χ2v) is 3.16. The first-order chi connectivity index (χ1) is 6.69. The molecule has 0 heterocycles. The minimum atomic E-state index is 0.327. The molecule has 14 heavy (non-hydrogen) atoms. The van der Waals surface area contributed by atoms with Crippen molar-refractivity contribution in [3.63, 3.8) is 0 Å². The van der Waals surface area contributed by atoms with Gasteiger partial charge >= 0.3 is 0 Å². The smallest absolute Gasteiger partial charge is 0.235 e. The van der Waals surface area contributed by atoms with Crippen LogP contribution in [0.5, 0.6) is 5.75 Å². The van der Waals surface area contributed by atoms with Gasteiger partial charge in [0.15, 0.2) is 0 Å². The molecule has 0 N–H and O–H groups in total. The van der Waals surface area contributed by atoms with E-state index in [0.29, 0.717) is 6.54 Å². The minimum absolute atomic E-state index is 0.327. The summed E-state index contributed by atoms with van der Waals surface area (Å²) in [6.45, 7) is 4.36. The van der Waals surface area contributed by atoms with E-state index in [0.717, 1.165) is 11.3 Å². The number of carbonyl (C=O) groups excluding carboxylic acids is 1. The number of hydrogen-bond acceptors (Lipinski definition) is 3. The first-order valence-corrected chi connectivity index (χ1v) is 4.36. The molecule has 0 bridgehead atoms. The van der Waals surface area contributed by atoms with Gasteiger partial charge < -0.3 is 4.74 Å². The zero-order valence-electron chi connectivity index (χ0n) is 8.63. The number of aryl methyl sites for hydroxylation is 2. The highest BCUT2D eigenvalue weighted by atomic mass is 16.5. The number of rotatable bonds is 3. The van der Waals surface area contributed by atoms with Crippen molar-refractivity contribution in [2.45, 2.75) is 20.4 Å². The van der Waals surface area contributed by atoms with Crippen molar-refractivity contribution in [2.24, 2.45) is 4.99 Å². The zero-order valence-corrected chi connectivity index (χ0v) is 8.63. The molecule has 0 aliphatic carbocycles. The largest absolute Gasteiger partial charge is 0.496 e. The predicted octanol–water partition coefficient (Wildman–Crippen LogP) is 2.15. The highest BCUT2D eigenvalue weighted by molar-refractivity contribution is 5.43. The Morgan fingerprint density at radius 1 is 1.36 bits per heavy atom. The van der Waals surface area contributed by atoms with Crippen LogP contribution in [0.4, 0.5) is 0 Å². The lowest BCUT2D eigenvalue weighted by Gasteiger charge is -2.09. The van der Waals surface area contributed by atoms with Gasteiger partial charge in [-0.2, -0.15) is 0 Å². The Morgan fingerprint density at radius 2 is 2.00 bits per heavy atom. The molecule has 0 amide bonds. The van der Waals surface area contributed by atoms with Crippen molar-refractivity contribution in [3.05, 3.63) is 28.8 Å². The number of benzene rings is 1. The fourth-order valence-electron chi connectivity index (χ4n) is 1.28. The maximum absolute atomic E-state index is 10.00. The molecule has 0 aliphatic rings. The summed E-state index contributed by atoms with van der Waals surface area (Å²) in [5, 5.41) is 0. The number of methoxy groups -OCH3 is 1. The minimum Gasteiger partial charge on any atom is -0.496 e. The standard InChI is InChI=1S/C11H13NO2/c1-8-4-10(6-12-7-13)11(14-3)5-9(8)2/h4-5H,6H2,1-3H3. The summed E-state index contributed by atoms with van der Waals surface area (Å²) in [7, 11) is 1.61. The lowest BCUT2D eigenvalue weighted by molar-refractivity contribution is 0.409. The van der Waals surface area contributed by atoms with Crippen molar-refractivity contribution in [3.8, 4) is 5.75 Å². The van der Waals surface area contributed by atoms with Crippen molar-refractivity contribution >= 4 is 6.08 Å². The van der Waals surface area contributed by atoms with Gasteiger partial charge in [0.25, 0.3) is 0 Å². The van der Waals surface area contributed by atoms with Crippen LogP contribution in [0.2, 0.25) is 0 Å². The maximum Gasteiger partial charge on any atom is 0.235 e. The van der Waals surface area contributed by atoms with Gasteiger partial charge in [0.1, 0.15) is 5.75 Å². The van der Waals surface area contributed by atoms with Crippen LogP contribution in [0.15, 0.2) is 17.1 Å². The Bertz CT molecular complexity index is 379. The molecule has 0 fully saturated rings. The van der Waals surface area contributed by atoms with Crippen molar-refractivity contribution in [2.75, 3.05) is 7.11 Å². The number of aliphatic imine (C=N–C) groups is 1. The third kappa shape index (κ3) is 2.21. The van der Waals surface area contributed by atoms with Gasteiger partial charge in [-0.25, -0.2) is 9.79 Å². The Morgan fingerprint density at radius 3 is 2.57 bits per heavy atom. The van der Waals surface area contributed by atoms with Gasteiger partial charge in [-0.1, -0.05) is 6.07 Å². The van der Waals surface area contributed by atoms with Crippen LogP contribution in [0.3, 0.4) is 0 Å². The monoisotopic (exact) mass is 191 g/mol. The third-order valence-electron chi connectivity index (χ3n) is 2.21. The fourth-order valence-corrected chi connectivity index (χ4v) is 1.28. The van der Waals surface area contributed by atoms with Gasteiger partial charge in [0.2, 0.25) is 6.08 Å². The van der Waals surface area contributed by atoms with Crippen molar-refractivity contribution < 1.29 is 9.53 Å². The molecule has 0 aliphatic heterocycles. The van der Waals surface area contributed by atoms with Crippen LogP contribution in [0, 0.1) is 13.8 Å². The second kappa shape index (κ2) is 4.58. The summed E-state index contributed by atoms with van der Waals surface area (Å²) in [5.74, 6) is 0.770. The first-order valence-electron chi connectivity index (χ1n) is 4.36. The van der Waals surface area contributed by atoms with E-state index in [1.54, 1.807) is 7.11 Å². The summed E-state index contributed by atoms with van der Waals surface area (Å²) in [6.07, 6.45) is 1.52. The first kappa shape index (κ1) is 10.5. The molecule has 74 valence electrons. The second-order valence-electron chi connectivity index (χ2n) is 3.16. The van der Waals surface area contributed by atoms with Crippen LogP contribution >= 0.6 is 0 Å². The molecule has 0 spiro atoms. The van der Waals surface area contributed by atoms with E-state index in [1.807, 2.05) is 26.0 Å². The van der Waals surface area contributed by atoms with Crippen LogP contribution < -0.4 is 4.74 Å². The highest BCUT2D eigenvalue weighted by Crippen LogP contribution is 2.23. The molecule has 1 aromatic rings. The fraction of sp³-hybridized carbons (Fsp3) is 0.364. The molecule has 1 rings (SSSR count). The Balaban J connectivity index is 3.12. The summed E-state index contributed by atoms with van der Waals surface area (Å²) in [5.41, 5.74) is 3.25. The van der Waals surface area contributed by atoms with E-state index in [9.17, 15) is 4.79 Å². The van der Waals surface area contributed by atoms with Crippen LogP contribution in [-0.4, -0.2) is 13.2 Å². The molecule has 3 heteroatoms. The van der Waals surface area contributed by atoms with E-state index in [2.05, 4.69) is 4.99 Å². The van der Waals surface area contributed by atoms with E-state index in [4.69, 9.17) is 4.74 Å². The number of isocyanates is 1. The predicted molar refractivity (Wildman–Crippen MR) is 54.3 cm³/mol.